The maximum Gasteiger partial charge on any atom is 0.201 e. The van der Waals surface area contributed by atoms with Crippen LogP contribution in [-0.4, -0.2) is 20.0 Å². The Morgan fingerprint density at radius 1 is 1.37 bits per heavy atom. The summed E-state index contributed by atoms with van der Waals surface area (Å²) in [5.74, 6) is -2.10. The topological polar surface area (TPSA) is 27.7 Å². The lowest BCUT2D eigenvalue weighted by molar-refractivity contribution is -0.169. The first kappa shape index (κ1) is 14.7. The lowest BCUT2D eigenvalue weighted by Gasteiger charge is -2.23. The molecule has 106 valence electrons. The van der Waals surface area contributed by atoms with Crippen LogP contribution in [0.3, 0.4) is 0 Å². The Morgan fingerprint density at radius 2 is 2.16 bits per heavy atom. The van der Waals surface area contributed by atoms with E-state index < -0.39 is 11.6 Å². The second kappa shape index (κ2) is 6.63. The van der Waals surface area contributed by atoms with Crippen molar-refractivity contribution >= 4 is 15.9 Å². The molecule has 1 aromatic rings. The summed E-state index contributed by atoms with van der Waals surface area (Å²) >= 11 is 3.19. The molecule has 1 aliphatic heterocycles. The second-order valence-electron chi connectivity index (χ2n) is 4.27. The van der Waals surface area contributed by atoms with Crippen molar-refractivity contribution in [3.05, 3.63) is 27.7 Å². The van der Waals surface area contributed by atoms with Crippen LogP contribution in [0.4, 0.5) is 8.78 Å². The molecular formula is C13H15BrF2O3. The molecule has 0 spiro atoms. The molecule has 0 bridgehead atoms. The van der Waals surface area contributed by atoms with E-state index in [0.29, 0.717) is 11.1 Å². The number of methoxy groups -OCH3 is 1. The molecule has 0 N–H and O–H groups in total. The fraction of sp³-hybridized carbons (Fsp3) is 0.538. The van der Waals surface area contributed by atoms with E-state index in [0.717, 1.165) is 19.3 Å². The zero-order chi connectivity index (χ0) is 13.8. The third-order valence-corrected chi connectivity index (χ3v) is 3.70. The molecule has 1 aliphatic rings. The molecule has 1 heterocycles. The number of hydrogen-bond donors (Lipinski definition) is 0. The summed E-state index contributed by atoms with van der Waals surface area (Å²) in [5, 5.41) is 0. The molecule has 0 radical (unpaired) electrons. The summed E-state index contributed by atoms with van der Waals surface area (Å²) in [4.78, 5) is 0. The fourth-order valence-corrected chi connectivity index (χ4v) is 2.41. The van der Waals surface area contributed by atoms with Crippen LogP contribution in [0, 0.1) is 11.6 Å². The molecule has 1 atom stereocenters. The summed E-state index contributed by atoms with van der Waals surface area (Å²) in [5.41, 5.74) is 0.132. The van der Waals surface area contributed by atoms with Crippen molar-refractivity contribution in [3.8, 4) is 5.75 Å². The van der Waals surface area contributed by atoms with E-state index in [1.807, 2.05) is 0 Å². The van der Waals surface area contributed by atoms with Gasteiger partial charge in [-0.05, 0) is 25.3 Å². The molecule has 0 saturated carbocycles. The van der Waals surface area contributed by atoms with Gasteiger partial charge in [-0.15, -0.1) is 0 Å². The molecule has 0 amide bonds. The van der Waals surface area contributed by atoms with Crippen LogP contribution in [0.2, 0.25) is 0 Å². The Kier molecular flexibility index (Phi) is 5.13. The van der Waals surface area contributed by atoms with Gasteiger partial charge in [0.2, 0.25) is 5.82 Å². The molecule has 1 aromatic carbocycles. The summed E-state index contributed by atoms with van der Waals surface area (Å²) in [6.45, 7) is 0.600. The first-order chi connectivity index (χ1) is 9.13. The smallest absolute Gasteiger partial charge is 0.201 e. The van der Waals surface area contributed by atoms with Crippen molar-refractivity contribution in [3.63, 3.8) is 0 Å². The molecule has 1 saturated heterocycles. The quantitative estimate of drug-likeness (QED) is 0.783. The van der Waals surface area contributed by atoms with Crippen molar-refractivity contribution in [1.29, 1.82) is 0 Å². The van der Waals surface area contributed by atoms with Crippen LogP contribution >= 0.6 is 15.9 Å². The van der Waals surface area contributed by atoms with E-state index in [4.69, 9.17) is 14.2 Å². The Bertz CT molecular complexity index is 448. The third-order valence-electron chi connectivity index (χ3n) is 2.99. The highest BCUT2D eigenvalue weighted by atomic mass is 79.9. The average Bonchev–Trinajstić information content (AvgIpc) is 2.44. The van der Waals surface area contributed by atoms with Crippen LogP contribution in [0.25, 0.3) is 0 Å². The average molecular weight is 337 g/mol. The largest absolute Gasteiger partial charge is 0.494 e. The van der Waals surface area contributed by atoms with Crippen LogP contribution in [0.5, 0.6) is 5.75 Å². The van der Waals surface area contributed by atoms with Crippen LogP contribution in [0.15, 0.2) is 10.5 Å². The number of ether oxygens (including phenoxy) is 3. The minimum absolute atomic E-state index is 0.0437. The van der Waals surface area contributed by atoms with Gasteiger partial charge in [0.1, 0.15) is 0 Å². The predicted octanol–water partition coefficient (Wildman–Crippen LogP) is 3.78. The Morgan fingerprint density at radius 3 is 2.79 bits per heavy atom. The summed E-state index contributed by atoms with van der Waals surface area (Å²) < 4.78 is 43.5. The standard InChI is InChI=1S/C13H15BrF2O3/c1-17-10-6-9(14)8(12(15)13(10)16)7-19-11-4-2-3-5-18-11/h6,11H,2-5,7H2,1H3/t11-/m1/s1. The van der Waals surface area contributed by atoms with Gasteiger partial charge in [0.15, 0.2) is 17.9 Å². The van der Waals surface area contributed by atoms with Gasteiger partial charge >= 0.3 is 0 Å². The molecule has 6 heteroatoms. The lowest BCUT2D eigenvalue weighted by Crippen LogP contribution is -2.22. The second-order valence-corrected chi connectivity index (χ2v) is 5.13. The van der Waals surface area contributed by atoms with Gasteiger partial charge in [-0.1, -0.05) is 15.9 Å². The molecule has 2 rings (SSSR count). The van der Waals surface area contributed by atoms with Gasteiger partial charge in [0.05, 0.1) is 13.7 Å². The van der Waals surface area contributed by atoms with Crippen molar-refractivity contribution in [1.82, 2.24) is 0 Å². The third kappa shape index (κ3) is 3.43. The predicted molar refractivity (Wildman–Crippen MR) is 69.0 cm³/mol. The van der Waals surface area contributed by atoms with Gasteiger partial charge in [0, 0.05) is 16.6 Å². The maximum atomic E-state index is 13.9. The molecular weight excluding hydrogens is 322 g/mol. The van der Waals surface area contributed by atoms with Crippen molar-refractivity contribution in [2.24, 2.45) is 0 Å². The van der Waals surface area contributed by atoms with Crippen molar-refractivity contribution < 1.29 is 23.0 Å². The van der Waals surface area contributed by atoms with E-state index >= 15 is 0 Å². The van der Waals surface area contributed by atoms with Gasteiger partial charge in [-0.25, -0.2) is 4.39 Å². The molecule has 0 aromatic heterocycles. The van der Waals surface area contributed by atoms with Crippen LogP contribution in [-0.2, 0) is 16.1 Å². The number of rotatable bonds is 4. The lowest BCUT2D eigenvalue weighted by atomic mass is 10.2. The Labute approximate surface area is 119 Å². The molecule has 0 unspecified atom stereocenters. The maximum absolute atomic E-state index is 13.9. The summed E-state index contributed by atoms with van der Waals surface area (Å²) in [6, 6.07) is 1.39. The van der Waals surface area contributed by atoms with Crippen molar-refractivity contribution in [2.45, 2.75) is 32.2 Å². The first-order valence-corrected chi connectivity index (χ1v) is 6.86. The fourth-order valence-electron chi connectivity index (χ4n) is 1.91. The minimum atomic E-state index is -1.01. The van der Waals surface area contributed by atoms with Crippen LogP contribution in [0.1, 0.15) is 24.8 Å². The Hall–Kier alpha value is -0.720. The molecule has 19 heavy (non-hydrogen) atoms. The SMILES string of the molecule is COc1cc(Br)c(CO[C@@H]2CCCCO2)c(F)c1F. The molecule has 1 fully saturated rings. The number of hydrogen-bond acceptors (Lipinski definition) is 3. The number of benzene rings is 1. The highest BCUT2D eigenvalue weighted by Crippen LogP contribution is 2.31. The van der Waals surface area contributed by atoms with E-state index in [-0.39, 0.29) is 24.2 Å². The summed E-state index contributed by atoms with van der Waals surface area (Å²) in [7, 11) is 1.29. The van der Waals surface area contributed by atoms with E-state index in [9.17, 15) is 8.78 Å². The van der Waals surface area contributed by atoms with E-state index in [1.165, 1.54) is 13.2 Å². The highest BCUT2D eigenvalue weighted by molar-refractivity contribution is 9.10. The van der Waals surface area contributed by atoms with Crippen LogP contribution < -0.4 is 4.74 Å². The zero-order valence-corrected chi connectivity index (χ0v) is 12.1. The van der Waals surface area contributed by atoms with E-state index in [2.05, 4.69) is 15.9 Å². The summed E-state index contributed by atoms with van der Waals surface area (Å²) in [6.07, 6.45) is 2.46. The first-order valence-electron chi connectivity index (χ1n) is 6.07. The normalized spacial score (nSPS) is 19.5. The zero-order valence-electron chi connectivity index (χ0n) is 10.5. The van der Waals surface area contributed by atoms with E-state index in [1.54, 1.807) is 0 Å². The van der Waals surface area contributed by atoms with Gasteiger partial charge in [0.25, 0.3) is 0 Å². The Balaban J connectivity index is 2.09. The minimum Gasteiger partial charge on any atom is -0.494 e. The monoisotopic (exact) mass is 336 g/mol. The molecule has 0 aliphatic carbocycles. The van der Waals surface area contributed by atoms with Crippen molar-refractivity contribution in [2.75, 3.05) is 13.7 Å². The van der Waals surface area contributed by atoms with Gasteiger partial charge < -0.3 is 14.2 Å². The number of halogens is 3. The molecule has 3 nitrogen and oxygen atoms in total. The van der Waals surface area contributed by atoms with Gasteiger partial charge in [-0.2, -0.15) is 4.39 Å². The highest BCUT2D eigenvalue weighted by Gasteiger charge is 2.20. The van der Waals surface area contributed by atoms with Gasteiger partial charge in [-0.3, -0.25) is 0 Å².